The maximum atomic E-state index is 13.3. The lowest BCUT2D eigenvalue weighted by Gasteiger charge is -2.17. The molecule has 0 fully saturated rings. The quantitative estimate of drug-likeness (QED) is 0.0469. The summed E-state index contributed by atoms with van der Waals surface area (Å²) in [6.45, 7) is 1.50. The lowest BCUT2D eigenvalue weighted by molar-refractivity contribution is -0.141. The predicted octanol–water partition coefficient (Wildman–Crippen LogP) is 9.05. The number of hydrogen-bond donors (Lipinski definition) is 6. The summed E-state index contributed by atoms with van der Waals surface area (Å²) in [4.78, 5) is 29.8. The van der Waals surface area contributed by atoms with Gasteiger partial charge >= 0.3 is 6.18 Å². The first-order valence-electron chi connectivity index (χ1n) is 19.1. The number of nitrogens with one attached hydrogen (secondary N) is 1. The van der Waals surface area contributed by atoms with Crippen LogP contribution in [0.25, 0.3) is 44.2 Å². The van der Waals surface area contributed by atoms with Gasteiger partial charge in [0, 0.05) is 40.2 Å². The predicted molar refractivity (Wildman–Crippen MR) is 224 cm³/mol. The molecular formula is C46H33F3N2O12S. The molecule has 0 spiro atoms. The normalized spacial score (nSPS) is 12.4. The Bertz CT molecular complexity index is 3190. The average Bonchev–Trinajstić information content (AvgIpc) is 3.90. The highest BCUT2D eigenvalue weighted by Crippen LogP contribution is 2.40. The van der Waals surface area contributed by atoms with Crippen LogP contribution in [-0.2, 0) is 16.2 Å². The Morgan fingerprint density at radius 3 is 1.66 bits per heavy atom. The third kappa shape index (κ3) is 8.64. The second-order valence-corrected chi connectivity index (χ2v) is 16.4. The molecule has 14 nitrogen and oxygen atoms in total. The number of rotatable bonds is 13. The van der Waals surface area contributed by atoms with Gasteiger partial charge in [-0.1, -0.05) is 30.3 Å². The van der Waals surface area contributed by atoms with E-state index < -0.39 is 68.3 Å². The number of furan rings is 2. The number of pyridine rings is 1. The highest BCUT2D eigenvalue weighted by molar-refractivity contribution is 7.89. The van der Waals surface area contributed by atoms with E-state index in [4.69, 9.17) is 13.6 Å². The van der Waals surface area contributed by atoms with Gasteiger partial charge in [-0.2, -0.15) is 13.2 Å². The zero-order chi connectivity index (χ0) is 45.7. The number of alkyl halides is 3. The molecule has 0 radical (unpaired) electrons. The van der Waals surface area contributed by atoms with Crippen LogP contribution in [0.5, 0.6) is 34.5 Å². The number of nitrogens with zero attached hydrogens (tertiary/aromatic N) is 1. The van der Waals surface area contributed by atoms with Crippen LogP contribution in [0.1, 0.15) is 51.3 Å². The molecule has 326 valence electrons. The molecule has 0 saturated carbocycles. The number of phenols is 5. The smallest absolute Gasteiger partial charge is 0.433 e. The number of ketones is 2. The number of ether oxygens (including phenoxy) is 1. The fraction of sp³-hybridized carbons (Fsp3) is 0.109. The van der Waals surface area contributed by atoms with Crippen LogP contribution in [-0.4, -0.2) is 63.1 Å². The molecule has 64 heavy (non-hydrogen) atoms. The average molecular weight is 895 g/mol. The molecule has 6 N–H and O–H groups in total. The lowest BCUT2D eigenvalue weighted by atomic mass is 10.0. The van der Waals surface area contributed by atoms with Crippen molar-refractivity contribution in [3.8, 4) is 56.8 Å². The second kappa shape index (κ2) is 16.5. The number of carbonyl (C=O) groups excluding carboxylic acids is 2. The zero-order valence-corrected chi connectivity index (χ0v) is 33.9. The van der Waals surface area contributed by atoms with Crippen molar-refractivity contribution >= 4 is 43.5 Å². The standard InChI is InChI=1S/C46H33F3N2O12S/c1-23(61-45-35(54)18-31(19-36(45)55)43(57)40-21-29-15-26(5-10-38(29)63-40)27-6-11-41(50-22-27)46(47,48)49)12-13-51-64(59,60)32-7-2-24(3-8-32)25-4-9-37-28(14-25)20-39(62-37)42(56)30-16-33(52)44(58)34(53)17-30/h2-11,14-23,51-55,58H,12-13H2,1H3. The molecule has 5 aromatic carbocycles. The van der Waals surface area contributed by atoms with Crippen molar-refractivity contribution in [3.05, 3.63) is 144 Å². The van der Waals surface area contributed by atoms with E-state index in [1.807, 2.05) is 0 Å². The number of phenolic OH excluding ortho intramolecular Hbond substituents is 5. The molecular weight excluding hydrogens is 862 g/mol. The van der Waals surface area contributed by atoms with Crippen LogP contribution < -0.4 is 9.46 Å². The van der Waals surface area contributed by atoms with Gasteiger partial charge in [0.05, 0.1) is 11.0 Å². The SMILES string of the molecule is CC(CCNS(=O)(=O)c1ccc(-c2ccc3oc(C(=O)c4cc(O)c(O)c(O)c4)cc3c2)cc1)Oc1c(O)cc(C(=O)c2cc3cc(-c4ccc(C(F)(F)F)nc4)ccc3o2)cc1O. The van der Waals surface area contributed by atoms with Gasteiger partial charge in [0.25, 0.3) is 0 Å². The van der Waals surface area contributed by atoms with E-state index in [2.05, 4.69) is 9.71 Å². The zero-order valence-electron chi connectivity index (χ0n) is 33.0. The highest BCUT2D eigenvalue weighted by atomic mass is 32.2. The molecule has 3 aromatic heterocycles. The van der Waals surface area contributed by atoms with Crippen molar-refractivity contribution < 1.29 is 70.3 Å². The Kier molecular flexibility index (Phi) is 11.0. The summed E-state index contributed by atoms with van der Waals surface area (Å²) in [6.07, 6.45) is -4.13. The minimum absolute atomic E-state index is 0.0283. The van der Waals surface area contributed by atoms with Crippen molar-refractivity contribution in [3.63, 3.8) is 0 Å². The van der Waals surface area contributed by atoms with Crippen molar-refractivity contribution in [2.24, 2.45) is 0 Å². The Labute approximate surface area is 360 Å². The first-order chi connectivity index (χ1) is 30.3. The molecule has 8 rings (SSSR count). The van der Waals surface area contributed by atoms with Gasteiger partial charge in [-0.25, -0.2) is 13.1 Å². The van der Waals surface area contributed by atoms with Crippen LogP contribution in [0.2, 0.25) is 0 Å². The molecule has 0 aliphatic rings. The minimum Gasteiger partial charge on any atom is -0.504 e. The van der Waals surface area contributed by atoms with Crippen molar-refractivity contribution in [1.29, 1.82) is 0 Å². The molecule has 0 saturated heterocycles. The Morgan fingerprint density at radius 1 is 0.672 bits per heavy atom. The molecule has 0 amide bonds. The van der Waals surface area contributed by atoms with E-state index in [9.17, 15) is 56.7 Å². The van der Waals surface area contributed by atoms with E-state index >= 15 is 0 Å². The second-order valence-electron chi connectivity index (χ2n) is 14.7. The van der Waals surface area contributed by atoms with Gasteiger partial charge in [-0.05, 0) is 109 Å². The van der Waals surface area contributed by atoms with E-state index in [-0.39, 0.29) is 46.3 Å². The van der Waals surface area contributed by atoms with Crippen LogP contribution >= 0.6 is 0 Å². The molecule has 0 bridgehead atoms. The van der Waals surface area contributed by atoms with Gasteiger partial charge in [0.2, 0.25) is 27.3 Å². The molecule has 0 aliphatic carbocycles. The van der Waals surface area contributed by atoms with Crippen molar-refractivity contribution in [2.75, 3.05) is 6.54 Å². The van der Waals surface area contributed by atoms with Gasteiger partial charge in [0.15, 0.2) is 40.3 Å². The van der Waals surface area contributed by atoms with Crippen LogP contribution in [0, 0.1) is 0 Å². The van der Waals surface area contributed by atoms with Crippen LogP contribution in [0.15, 0.2) is 129 Å². The summed E-state index contributed by atoms with van der Waals surface area (Å²) >= 11 is 0. The largest absolute Gasteiger partial charge is 0.504 e. The molecule has 3 heterocycles. The summed E-state index contributed by atoms with van der Waals surface area (Å²) in [5, 5.41) is 51.7. The molecule has 1 atom stereocenters. The third-order valence-corrected chi connectivity index (χ3v) is 11.6. The molecule has 8 aromatic rings. The number of carbonyl (C=O) groups is 2. The van der Waals surface area contributed by atoms with Gasteiger partial charge in [0.1, 0.15) is 16.9 Å². The first kappa shape index (κ1) is 42.8. The highest BCUT2D eigenvalue weighted by Gasteiger charge is 2.32. The summed E-state index contributed by atoms with van der Waals surface area (Å²) < 4.78 is 84.7. The van der Waals surface area contributed by atoms with Crippen LogP contribution in [0.4, 0.5) is 13.2 Å². The maximum absolute atomic E-state index is 13.3. The monoisotopic (exact) mass is 894 g/mol. The van der Waals surface area contributed by atoms with E-state index in [0.29, 0.717) is 44.2 Å². The molecule has 0 aliphatic heterocycles. The Hall–Kier alpha value is -7.83. The summed E-state index contributed by atoms with van der Waals surface area (Å²) in [6, 6.07) is 25.1. The Balaban J connectivity index is 0.869. The lowest BCUT2D eigenvalue weighted by Crippen LogP contribution is -2.28. The van der Waals surface area contributed by atoms with E-state index in [0.717, 1.165) is 36.5 Å². The third-order valence-electron chi connectivity index (χ3n) is 10.2. The Morgan fingerprint density at radius 2 is 1.16 bits per heavy atom. The number of hydrogen-bond acceptors (Lipinski definition) is 13. The number of sulfonamides is 1. The summed E-state index contributed by atoms with van der Waals surface area (Å²) in [7, 11) is -3.99. The van der Waals surface area contributed by atoms with Crippen molar-refractivity contribution in [1.82, 2.24) is 9.71 Å². The van der Waals surface area contributed by atoms with Gasteiger partial charge < -0.3 is 39.1 Å². The van der Waals surface area contributed by atoms with Gasteiger partial charge in [-0.15, -0.1) is 0 Å². The number of halogens is 3. The molecule has 18 heteroatoms. The number of aromatic nitrogens is 1. The van der Waals surface area contributed by atoms with Crippen molar-refractivity contribution in [2.45, 2.75) is 30.5 Å². The first-order valence-corrected chi connectivity index (χ1v) is 20.6. The summed E-state index contributed by atoms with van der Waals surface area (Å²) in [5.74, 6) is -5.13. The van der Waals surface area contributed by atoms with E-state index in [1.165, 1.54) is 30.3 Å². The fourth-order valence-electron chi connectivity index (χ4n) is 6.84. The van der Waals surface area contributed by atoms with Gasteiger partial charge in [-0.3, -0.25) is 14.6 Å². The number of fused-ring (bicyclic) bond motifs is 2. The maximum Gasteiger partial charge on any atom is 0.433 e. The molecule has 1 unspecified atom stereocenters. The number of benzene rings is 5. The summed E-state index contributed by atoms with van der Waals surface area (Å²) in [5.41, 5.74) is 1.67. The van der Waals surface area contributed by atoms with Crippen LogP contribution in [0.3, 0.4) is 0 Å². The fourth-order valence-corrected chi connectivity index (χ4v) is 7.89. The minimum atomic E-state index is -4.58. The van der Waals surface area contributed by atoms with E-state index in [1.54, 1.807) is 55.5 Å². The number of aromatic hydroxyl groups is 5. The topological polar surface area (TPSA) is 230 Å².